The molecular weight excluding hydrogens is 293 g/mol. The summed E-state index contributed by atoms with van der Waals surface area (Å²) in [5.41, 5.74) is -0.318. The molecule has 0 saturated heterocycles. The highest BCUT2D eigenvalue weighted by molar-refractivity contribution is 7.80. The summed E-state index contributed by atoms with van der Waals surface area (Å²) >= 11 is 4.17. The average Bonchev–Trinajstić information content (AvgIpc) is 2.46. The van der Waals surface area contributed by atoms with E-state index in [1.165, 1.54) is 37.8 Å². The van der Waals surface area contributed by atoms with E-state index in [9.17, 15) is 14.5 Å². The van der Waals surface area contributed by atoms with E-state index in [1.807, 2.05) is 0 Å². The zero-order valence-corrected chi connectivity index (χ0v) is 13.0. The van der Waals surface area contributed by atoms with Gasteiger partial charge in [0, 0.05) is 0 Å². The number of halogens is 1. The van der Waals surface area contributed by atoms with Gasteiger partial charge in [0.1, 0.15) is 5.82 Å². The van der Waals surface area contributed by atoms with Crippen LogP contribution >= 0.6 is 12.6 Å². The van der Waals surface area contributed by atoms with Crippen LogP contribution < -0.4 is 4.74 Å². The summed E-state index contributed by atoms with van der Waals surface area (Å²) in [6, 6.07) is 3.37. The van der Waals surface area contributed by atoms with Gasteiger partial charge in [0.25, 0.3) is 0 Å². The van der Waals surface area contributed by atoms with Crippen molar-refractivity contribution in [2.24, 2.45) is 0 Å². The van der Waals surface area contributed by atoms with Crippen LogP contribution in [0.2, 0.25) is 0 Å². The van der Waals surface area contributed by atoms with E-state index in [-0.39, 0.29) is 11.4 Å². The summed E-state index contributed by atoms with van der Waals surface area (Å²) in [5, 5.41) is 10.8. The summed E-state index contributed by atoms with van der Waals surface area (Å²) < 4.78 is 18.3. The van der Waals surface area contributed by atoms with Gasteiger partial charge < -0.3 is 4.74 Å². The first-order valence-electron chi connectivity index (χ1n) is 7.32. The van der Waals surface area contributed by atoms with Crippen LogP contribution in [0.25, 0.3) is 0 Å². The zero-order valence-electron chi connectivity index (χ0n) is 12.1. The quantitative estimate of drug-likeness (QED) is 0.277. The van der Waals surface area contributed by atoms with Crippen molar-refractivity contribution < 1.29 is 14.1 Å². The van der Waals surface area contributed by atoms with Crippen LogP contribution in [0.5, 0.6) is 5.75 Å². The Bertz CT molecular complexity index is 443. The molecule has 0 aliphatic rings. The smallest absolute Gasteiger partial charge is 0.313 e. The third kappa shape index (κ3) is 7.32. The molecule has 0 N–H and O–H groups in total. The van der Waals surface area contributed by atoms with Crippen LogP contribution in [0.1, 0.15) is 44.9 Å². The molecule has 0 saturated carbocycles. The maximum atomic E-state index is 13.0. The molecule has 0 amide bonds. The Balaban J connectivity index is 2.20. The van der Waals surface area contributed by atoms with Crippen LogP contribution in [-0.4, -0.2) is 17.3 Å². The average molecular weight is 315 g/mol. The van der Waals surface area contributed by atoms with Gasteiger partial charge in [0.15, 0.2) is 5.75 Å². The fourth-order valence-corrected chi connectivity index (χ4v) is 2.26. The second-order valence-electron chi connectivity index (χ2n) is 4.92. The first kappa shape index (κ1) is 17.8. The number of nitro benzene ring substituents is 1. The van der Waals surface area contributed by atoms with E-state index >= 15 is 0 Å². The molecule has 0 unspecified atom stereocenters. The molecule has 1 rings (SSSR count). The lowest BCUT2D eigenvalue weighted by Crippen LogP contribution is -2.01. The number of unbranched alkanes of at least 4 members (excludes halogenated alkanes) is 6. The minimum atomic E-state index is -0.629. The molecule has 0 bridgehead atoms. The van der Waals surface area contributed by atoms with Crippen molar-refractivity contribution in [1.82, 2.24) is 0 Å². The van der Waals surface area contributed by atoms with Gasteiger partial charge in [0.2, 0.25) is 0 Å². The van der Waals surface area contributed by atoms with Gasteiger partial charge in [-0.3, -0.25) is 10.1 Å². The number of ether oxygens (including phenoxy) is 1. The third-order valence-corrected chi connectivity index (χ3v) is 3.49. The first-order valence-corrected chi connectivity index (χ1v) is 7.96. The van der Waals surface area contributed by atoms with E-state index in [1.54, 1.807) is 0 Å². The first-order chi connectivity index (χ1) is 10.1. The van der Waals surface area contributed by atoms with E-state index in [0.29, 0.717) is 6.61 Å². The van der Waals surface area contributed by atoms with Crippen molar-refractivity contribution in [2.75, 3.05) is 12.4 Å². The molecule has 0 radical (unpaired) electrons. The number of thiol groups is 1. The SMILES string of the molecule is O=[N+]([O-])c1cc(F)ccc1OCCCCCCCCCS. The fraction of sp³-hybridized carbons (Fsp3) is 0.600. The van der Waals surface area contributed by atoms with Crippen LogP contribution in [0.15, 0.2) is 18.2 Å². The molecule has 4 nitrogen and oxygen atoms in total. The number of nitro groups is 1. The van der Waals surface area contributed by atoms with Crippen LogP contribution in [-0.2, 0) is 0 Å². The largest absolute Gasteiger partial charge is 0.487 e. The minimum Gasteiger partial charge on any atom is -0.487 e. The van der Waals surface area contributed by atoms with Gasteiger partial charge in [-0.25, -0.2) is 4.39 Å². The summed E-state index contributed by atoms with van der Waals surface area (Å²) in [6.45, 7) is 0.420. The topological polar surface area (TPSA) is 52.4 Å². The third-order valence-electron chi connectivity index (χ3n) is 3.18. The Morgan fingerprint density at radius 1 is 1.10 bits per heavy atom. The van der Waals surface area contributed by atoms with Gasteiger partial charge in [0.05, 0.1) is 17.6 Å². The predicted molar refractivity (Wildman–Crippen MR) is 84.7 cm³/mol. The number of benzene rings is 1. The molecule has 0 aliphatic heterocycles. The minimum absolute atomic E-state index is 0.134. The van der Waals surface area contributed by atoms with Crippen molar-refractivity contribution >= 4 is 18.3 Å². The van der Waals surface area contributed by atoms with Crippen molar-refractivity contribution in [3.05, 3.63) is 34.1 Å². The molecule has 0 aromatic heterocycles. The van der Waals surface area contributed by atoms with E-state index < -0.39 is 10.7 Å². The molecule has 0 aliphatic carbocycles. The molecule has 0 fully saturated rings. The lowest BCUT2D eigenvalue weighted by molar-refractivity contribution is -0.386. The van der Waals surface area contributed by atoms with E-state index in [0.717, 1.165) is 31.1 Å². The van der Waals surface area contributed by atoms with Crippen LogP contribution in [0.4, 0.5) is 10.1 Å². The van der Waals surface area contributed by atoms with Gasteiger partial charge >= 0.3 is 5.69 Å². The van der Waals surface area contributed by atoms with Gasteiger partial charge in [-0.05, 0) is 30.7 Å². The normalized spacial score (nSPS) is 10.6. The van der Waals surface area contributed by atoms with E-state index in [2.05, 4.69) is 12.6 Å². The zero-order chi connectivity index (χ0) is 15.5. The molecule has 0 spiro atoms. The highest BCUT2D eigenvalue weighted by Gasteiger charge is 2.15. The molecule has 21 heavy (non-hydrogen) atoms. The number of hydrogen-bond donors (Lipinski definition) is 1. The molecule has 0 atom stereocenters. The highest BCUT2D eigenvalue weighted by Crippen LogP contribution is 2.27. The van der Waals surface area contributed by atoms with Gasteiger partial charge in [-0.15, -0.1) is 0 Å². The summed E-state index contributed by atoms with van der Waals surface area (Å²) in [7, 11) is 0. The van der Waals surface area contributed by atoms with Crippen LogP contribution in [0, 0.1) is 15.9 Å². The standard InChI is InChI=1S/C15H22FNO3S/c16-13-8-9-15(14(12-13)17(18)19)20-10-6-4-2-1-3-5-7-11-21/h8-9,12,21H,1-7,10-11H2. The molecular formula is C15H22FNO3S. The molecule has 1 aromatic carbocycles. The lowest BCUT2D eigenvalue weighted by atomic mass is 10.1. The fourth-order valence-electron chi connectivity index (χ4n) is 2.04. The van der Waals surface area contributed by atoms with Crippen molar-refractivity contribution in [1.29, 1.82) is 0 Å². The number of rotatable bonds is 11. The Kier molecular flexibility index (Phi) is 8.82. The summed E-state index contributed by atoms with van der Waals surface area (Å²) in [4.78, 5) is 10.2. The van der Waals surface area contributed by atoms with Gasteiger partial charge in [-0.1, -0.05) is 32.1 Å². The summed E-state index contributed by atoms with van der Waals surface area (Å²) in [6.07, 6.45) is 7.84. The van der Waals surface area contributed by atoms with Crippen molar-refractivity contribution in [3.63, 3.8) is 0 Å². The molecule has 0 heterocycles. The molecule has 118 valence electrons. The molecule has 1 aromatic rings. The van der Waals surface area contributed by atoms with Crippen molar-refractivity contribution in [3.8, 4) is 5.75 Å². The predicted octanol–water partition coefficient (Wildman–Crippen LogP) is 4.77. The maximum absolute atomic E-state index is 13.0. The lowest BCUT2D eigenvalue weighted by Gasteiger charge is -2.06. The van der Waals surface area contributed by atoms with Gasteiger partial charge in [-0.2, -0.15) is 12.6 Å². The van der Waals surface area contributed by atoms with E-state index in [4.69, 9.17) is 4.74 Å². The Labute approximate surface area is 130 Å². The monoisotopic (exact) mass is 315 g/mol. The Hall–Kier alpha value is -1.30. The highest BCUT2D eigenvalue weighted by atomic mass is 32.1. The second-order valence-corrected chi connectivity index (χ2v) is 5.36. The Morgan fingerprint density at radius 2 is 1.71 bits per heavy atom. The second kappa shape index (κ2) is 10.4. The number of nitrogens with zero attached hydrogens (tertiary/aromatic N) is 1. The van der Waals surface area contributed by atoms with Crippen LogP contribution in [0.3, 0.4) is 0 Å². The molecule has 6 heteroatoms. The Morgan fingerprint density at radius 3 is 2.33 bits per heavy atom. The van der Waals surface area contributed by atoms with Crippen molar-refractivity contribution in [2.45, 2.75) is 44.9 Å². The maximum Gasteiger partial charge on any atom is 0.313 e. The number of hydrogen-bond acceptors (Lipinski definition) is 4. The summed E-state index contributed by atoms with van der Waals surface area (Å²) in [5.74, 6) is 0.454.